The molecule has 0 N–H and O–H groups in total. The number of nitrogens with zero attached hydrogens (tertiary/aromatic N) is 2. The second-order valence-electron chi connectivity index (χ2n) is 6.50. The van der Waals surface area contributed by atoms with Gasteiger partial charge < -0.3 is 4.57 Å². The van der Waals surface area contributed by atoms with Crippen molar-refractivity contribution in [2.45, 2.75) is 34.6 Å². The van der Waals surface area contributed by atoms with E-state index in [1.807, 2.05) is 34.0 Å². The molecule has 18 heavy (non-hydrogen) atoms. The van der Waals surface area contributed by atoms with Crippen LogP contribution in [0.3, 0.4) is 0 Å². The predicted molar refractivity (Wildman–Crippen MR) is 76.2 cm³/mol. The largest absolute Gasteiger partial charge is 0.351 e. The van der Waals surface area contributed by atoms with Crippen molar-refractivity contribution < 1.29 is 4.79 Å². The van der Waals surface area contributed by atoms with Crippen molar-refractivity contribution in [1.29, 1.82) is 0 Å². The first-order chi connectivity index (χ1) is 8.11. The standard InChI is InChI=1S/C15H26N2O/c1-11-8-13(12(2)17(11)7)14(18)9-16(6)10-15(3,4)5/h8H,9-10H2,1-7H3. The summed E-state index contributed by atoms with van der Waals surface area (Å²) in [7, 11) is 4.01. The Balaban J connectivity index is 2.74. The van der Waals surface area contributed by atoms with E-state index in [9.17, 15) is 4.79 Å². The van der Waals surface area contributed by atoms with Crippen LogP contribution in [0.15, 0.2) is 6.07 Å². The highest BCUT2D eigenvalue weighted by atomic mass is 16.1. The molecule has 1 rings (SSSR count). The molecule has 0 aliphatic carbocycles. The molecule has 0 aromatic carbocycles. The maximum atomic E-state index is 12.3. The second-order valence-corrected chi connectivity index (χ2v) is 6.50. The van der Waals surface area contributed by atoms with Gasteiger partial charge in [0.15, 0.2) is 5.78 Å². The van der Waals surface area contributed by atoms with Crippen LogP contribution >= 0.6 is 0 Å². The van der Waals surface area contributed by atoms with Gasteiger partial charge in [-0.15, -0.1) is 0 Å². The molecule has 3 nitrogen and oxygen atoms in total. The summed E-state index contributed by atoms with van der Waals surface area (Å²) in [6.45, 7) is 12.0. The number of aryl methyl sites for hydroxylation is 1. The van der Waals surface area contributed by atoms with Crippen LogP contribution in [0, 0.1) is 19.3 Å². The van der Waals surface area contributed by atoms with Gasteiger partial charge in [0.2, 0.25) is 0 Å². The molecule has 1 aromatic heterocycles. The quantitative estimate of drug-likeness (QED) is 0.768. The molecule has 0 radical (unpaired) electrons. The second kappa shape index (κ2) is 5.27. The van der Waals surface area contributed by atoms with Gasteiger partial charge in [-0.3, -0.25) is 9.69 Å². The lowest BCUT2D eigenvalue weighted by Gasteiger charge is -2.25. The SMILES string of the molecule is Cc1cc(C(=O)CN(C)CC(C)(C)C)c(C)n1C. The van der Waals surface area contributed by atoms with Gasteiger partial charge in [-0.1, -0.05) is 20.8 Å². The van der Waals surface area contributed by atoms with Crippen LogP contribution in [-0.4, -0.2) is 35.4 Å². The molecule has 1 aromatic rings. The van der Waals surface area contributed by atoms with E-state index in [0.29, 0.717) is 6.54 Å². The van der Waals surface area contributed by atoms with Crippen molar-refractivity contribution >= 4 is 5.78 Å². The first-order valence-corrected chi connectivity index (χ1v) is 6.46. The van der Waals surface area contributed by atoms with Gasteiger partial charge in [0.1, 0.15) is 0 Å². The predicted octanol–water partition coefficient (Wildman–Crippen LogP) is 2.80. The van der Waals surface area contributed by atoms with Crippen molar-refractivity contribution in [3.63, 3.8) is 0 Å². The molecular formula is C15H26N2O. The van der Waals surface area contributed by atoms with Crippen molar-refractivity contribution in [1.82, 2.24) is 9.47 Å². The van der Waals surface area contributed by atoms with Crippen LogP contribution < -0.4 is 0 Å². The summed E-state index contributed by atoms with van der Waals surface area (Å²) in [5.41, 5.74) is 3.27. The van der Waals surface area contributed by atoms with E-state index < -0.39 is 0 Å². The van der Waals surface area contributed by atoms with Gasteiger partial charge in [-0.25, -0.2) is 0 Å². The summed E-state index contributed by atoms with van der Waals surface area (Å²) in [4.78, 5) is 14.4. The fourth-order valence-corrected chi connectivity index (χ4v) is 2.33. The van der Waals surface area contributed by atoms with Gasteiger partial charge in [0.25, 0.3) is 0 Å². The highest BCUT2D eigenvalue weighted by Crippen LogP contribution is 2.17. The van der Waals surface area contributed by atoms with Crippen LogP contribution in [0.2, 0.25) is 0 Å². The lowest BCUT2D eigenvalue weighted by Crippen LogP contribution is -2.33. The van der Waals surface area contributed by atoms with Gasteiger partial charge in [0.05, 0.1) is 6.54 Å². The zero-order valence-corrected chi connectivity index (χ0v) is 12.8. The normalized spacial score (nSPS) is 12.2. The fourth-order valence-electron chi connectivity index (χ4n) is 2.33. The summed E-state index contributed by atoms with van der Waals surface area (Å²) in [5.74, 6) is 0.211. The number of ketones is 1. The van der Waals surface area contributed by atoms with E-state index in [1.165, 1.54) is 0 Å². The molecule has 0 bridgehead atoms. The number of hydrogen-bond donors (Lipinski definition) is 0. The maximum absolute atomic E-state index is 12.3. The first kappa shape index (κ1) is 15.0. The number of likely N-dealkylation sites (N-methyl/N-ethyl adjacent to an activating group) is 1. The Morgan fingerprint density at radius 2 is 1.89 bits per heavy atom. The van der Waals surface area contributed by atoms with Gasteiger partial charge >= 0.3 is 0 Å². The summed E-state index contributed by atoms with van der Waals surface area (Å²) >= 11 is 0. The van der Waals surface area contributed by atoms with Crippen molar-refractivity contribution in [2.75, 3.05) is 20.1 Å². The lowest BCUT2D eigenvalue weighted by molar-refractivity contribution is 0.0926. The van der Waals surface area contributed by atoms with Crippen LogP contribution in [0.25, 0.3) is 0 Å². The average molecular weight is 250 g/mol. The third-order valence-corrected chi connectivity index (χ3v) is 3.23. The topological polar surface area (TPSA) is 25.2 Å². The summed E-state index contributed by atoms with van der Waals surface area (Å²) < 4.78 is 2.07. The van der Waals surface area contributed by atoms with E-state index in [4.69, 9.17) is 0 Å². The third kappa shape index (κ3) is 3.70. The monoisotopic (exact) mass is 250 g/mol. The van der Waals surface area contributed by atoms with E-state index in [2.05, 4.69) is 30.2 Å². The van der Waals surface area contributed by atoms with Crippen LogP contribution in [-0.2, 0) is 7.05 Å². The Morgan fingerprint density at radius 3 is 2.28 bits per heavy atom. The van der Waals surface area contributed by atoms with E-state index in [0.717, 1.165) is 23.5 Å². The molecule has 0 aliphatic rings. The Kier molecular flexibility index (Phi) is 4.38. The van der Waals surface area contributed by atoms with Gasteiger partial charge in [-0.05, 0) is 32.4 Å². The third-order valence-electron chi connectivity index (χ3n) is 3.23. The summed E-state index contributed by atoms with van der Waals surface area (Å²) in [5, 5.41) is 0. The van der Waals surface area contributed by atoms with E-state index in [1.54, 1.807) is 0 Å². The van der Waals surface area contributed by atoms with Gasteiger partial charge in [0, 0.05) is 30.5 Å². The van der Waals surface area contributed by atoms with Crippen LogP contribution in [0.1, 0.15) is 42.5 Å². The molecule has 0 aliphatic heterocycles. The number of carbonyl (C=O) groups is 1. The minimum atomic E-state index is 0.211. The van der Waals surface area contributed by atoms with Crippen LogP contribution in [0.5, 0.6) is 0 Å². The molecule has 0 fully saturated rings. The Morgan fingerprint density at radius 1 is 1.33 bits per heavy atom. The number of Topliss-reactive ketones (excluding diaryl/α,β-unsaturated/α-hetero) is 1. The molecule has 0 saturated heterocycles. The van der Waals surface area contributed by atoms with Crippen molar-refractivity contribution in [2.24, 2.45) is 12.5 Å². The number of carbonyl (C=O) groups excluding carboxylic acids is 1. The first-order valence-electron chi connectivity index (χ1n) is 6.46. The molecule has 0 amide bonds. The van der Waals surface area contributed by atoms with Crippen molar-refractivity contribution in [3.8, 4) is 0 Å². The Labute approximate surface area is 111 Å². The highest BCUT2D eigenvalue weighted by Gasteiger charge is 2.19. The molecular weight excluding hydrogens is 224 g/mol. The molecule has 102 valence electrons. The highest BCUT2D eigenvalue weighted by molar-refractivity contribution is 5.99. The number of hydrogen-bond acceptors (Lipinski definition) is 2. The molecule has 0 atom stereocenters. The Bertz CT molecular complexity index is 438. The molecule has 1 heterocycles. The van der Waals surface area contributed by atoms with Crippen LogP contribution in [0.4, 0.5) is 0 Å². The lowest BCUT2D eigenvalue weighted by atomic mass is 9.96. The number of aromatic nitrogens is 1. The maximum Gasteiger partial charge on any atom is 0.178 e. The smallest absolute Gasteiger partial charge is 0.178 e. The average Bonchev–Trinajstić information content (AvgIpc) is 2.43. The Hall–Kier alpha value is -1.09. The minimum Gasteiger partial charge on any atom is -0.351 e. The molecule has 0 unspecified atom stereocenters. The number of rotatable bonds is 4. The zero-order valence-electron chi connectivity index (χ0n) is 12.8. The molecule has 3 heteroatoms. The fraction of sp³-hybridized carbons (Fsp3) is 0.667. The van der Waals surface area contributed by atoms with E-state index >= 15 is 0 Å². The minimum absolute atomic E-state index is 0.211. The molecule has 0 saturated carbocycles. The summed E-state index contributed by atoms with van der Waals surface area (Å²) in [6, 6.07) is 1.99. The molecule has 0 spiro atoms. The summed E-state index contributed by atoms with van der Waals surface area (Å²) in [6.07, 6.45) is 0. The van der Waals surface area contributed by atoms with E-state index in [-0.39, 0.29) is 11.2 Å². The zero-order chi connectivity index (χ0) is 14.1. The van der Waals surface area contributed by atoms with Gasteiger partial charge in [-0.2, -0.15) is 0 Å². The van der Waals surface area contributed by atoms with Crippen molar-refractivity contribution in [3.05, 3.63) is 23.0 Å².